The van der Waals surface area contributed by atoms with Crippen LogP contribution in [-0.4, -0.2) is 36.4 Å². The summed E-state index contributed by atoms with van der Waals surface area (Å²) in [4.78, 5) is 15.4. The second kappa shape index (κ2) is 13.4. The Kier molecular flexibility index (Phi) is 9.15. The number of benzene rings is 4. The molecule has 11 heteroatoms. The Morgan fingerprint density at radius 2 is 1.64 bits per heavy atom. The number of hydrogen-bond acceptors (Lipinski definition) is 7. The Balaban J connectivity index is 1.56. The van der Waals surface area contributed by atoms with E-state index in [4.69, 9.17) is 30.5 Å². The van der Waals surface area contributed by atoms with Crippen molar-refractivity contribution in [2.75, 3.05) is 12.0 Å². The topological polar surface area (TPSA) is 74.5 Å². The summed E-state index contributed by atoms with van der Waals surface area (Å²) in [6, 6.07) is 24.0. The third-order valence-corrected chi connectivity index (χ3v) is 9.21. The van der Waals surface area contributed by atoms with E-state index in [9.17, 15) is 0 Å². The molecule has 0 aliphatic carbocycles. The third kappa shape index (κ3) is 6.79. The van der Waals surface area contributed by atoms with E-state index >= 15 is 4.39 Å². The number of methoxy groups -OCH3 is 1. The molecule has 0 N–H and O–H groups in total. The number of aryl methyl sites for hydroxylation is 1. The molecule has 240 valence electrons. The number of imidazole rings is 1. The van der Waals surface area contributed by atoms with Crippen LogP contribution in [0.5, 0.6) is 17.2 Å². The first-order valence-corrected chi connectivity index (χ1v) is 16.8. The molecule has 0 aliphatic heterocycles. The number of halogens is 2. The number of rotatable bonds is 10. The third-order valence-electron chi connectivity index (χ3n) is 7.52. The molecule has 6 aromatic rings. The number of para-hydroxylation sites is 1. The van der Waals surface area contributed by atoms with Gasteiger partial charge in [0.2, 0.25) is 9.76 Å². The van der Waals surface area contributed by atoms with Crippen LogP contribution in [0.15, 0.2) is 97.6 Å². The standard InChI is InChI=1S/C36H35ClFN5O3Si/c1-36(2,3)47-46-30-20-27(34(38)32(33(30)37)23-12-8-6-9-13-23)43(24-14-10-7-11-15-24)35-25-18-28(44-5)29(19-26(25)40-22-41-35)45-21-31-39-16-17-42(31)4/h6-20,22H,21,47H2,1-5H3. The lowest BCUT2D eigenvalue weighted by Gasteiger charge is -2.28. The minimum Gasteiger partial charge on any atom is -0.548 e. The van der Waals surface area contributed by atoms with Crippen LogP contribution >= 0.6 is 11.6 Å². The van der Waals surface area contributed by atoms with Gasteiger partial charge >= 0.3 is 0 Å². The fraction of sp³-hybridized carbons (Fsp3) is 0.194. The molecule has 0 spiro atoms. The summed E-state index contributed by atoms with van der Waals surface area (Å²) in [6.07, 6.45) is 5.03. The highest BCUT2D eigenvalue weighted by Gasteiger charge is 2.28. The molecule has 0 unspecified atom stereocenters. The molecular formula is C36H35ClFN5O3Si. The Morgan fingerprint density at radius 3 is 2.30 bits per heavy atom. The lowest BCUT2D eigenvalue weighted by Crippen LogP contribution is -2.18. The van der Waals surface area contributed by atoms with Crippen molar-refractivity contribution in [3.8, 4) is 28.4 Å². The van der Waals surface area contributed by atoms with Crippen LogP contribution in [0, 0.1) is 5.82 Å². The number of aromatic nitrogens is 4. The van der Waals surface area contributed by atoms with Gasteiger partial charge in [-0.05, 0) is 28.8 Å². The van der Waals surface area contributed by atoms with Crippen molar-refractivity contribution in [2.45, 2.75) is 32.4 Å². The molecule has 0 saturated heterocycles. The average molecular weight is 668 g/mol. The molecule has 6 rings (SSSR count). The largest absolute Gasteiger partial charge is 0.548 e. The molecule has 8 nitrogen and oxygen atoms in total. The molecule has 0 bridgehead atoms. The van der Waals surface area contributed by atoms with E-state index in [1.54, 1.807) is 30.3 Å². The van der Waals surface area contributed by atoms with Gasteiger partial charge in [0.25, 0.3) is 0 Å². The summed E-state index contributed by atoms with van der Waals surface area (Å²) in [5, 5.41) is 0.824. The Labute approximate surface area is 280 Å². The van der Waals surface area contributed by atoms with Crippen LogP contribution in [0.25, 0.3) is 22.0 Å². The van der Waals surface area contributed by atoms with Crippen molar-refractivity contribution in [3.63, 3.8) is 0 Å². The Morgan fingerprint density at radius 1 is 0.915 bits per heavy atom. The summed E-state index contributed by atoms with van der Waals surface area (Å²) in [5.41, 5.74) is 2.38. The number of fused-ring (bicyclic) bond motifs is 1. The first-order chi connectivity index (χ1) is 22.6. The molecule has 0 aliphatic rings. The van der Waals surface area contributed by atoms with Crippen LogP contribution in [-0.2, 0) is 13.7 Å². The summed E-state index contributed by atoms with van der Waals surface area (Å²) in [7, 11) is 2.37. The van der Waals surface area contributed by atoms with Crippen LogP contribution < -0.4 is 18.8 Å². The summed E-state index contributed by atoms with van der Waals surface area (Å²) in [6.45, 7) is 6.61. The van der Waals surface area contributed by atoms with E-state index in [2.05, 4.69) is 30.7 Å². The minimum absolute atomic E-state index is 0.0284. The molecule has 2 heterocycles. The molecule has 0 fully saturated rings. The quantitative estimate of drug-likeness (QED) is 0.136. The average Bonchev–Trinajstić information content (AvgIpc) is 3.48. The van der Waals surface area contributed by atoms with Crippen LogP contribution in [0.2, 0.25) is 10.1 Å². The van der Waals surface area contributed by atoms with Crippen LogP contribution in [0.1, 0.15) is 26.6 Å². The van der Waals surface area contributed by atoms with Crippen molar-refractivity contribution in [3.05, 3.63) is 114 Å². The first-order valence-electron chi connectivity index (χ1n) is 15.1. The smallest absolute Gasteiger partial charge is 0.224 e. The highest BCUT2D eigenvalue weighted by molar-refractivity contribution is 6.37. The van der Waals surface area contributed by atoms with Crippen LogP contribution in [0.4, 0.5) is 21.6 Å². The molecule has 47 heavy (non-hydrogen) atoms. The number of ether oxygens (including phenoxy) is 2. The van der Waals surface area contributed by atoms with Crippen molar-refractivity contribution in [2.24, 2.45) is 7.05 Å². The van der Waals surface area contributed by atoms with Gasteiger partial charge in [-0.15, -0.1) is 0 Å². The lowest BCUT2D eigenvalue weighted by molar-refractivity contribution is 0.273. The van der Waals surface area contributed by atoms with E-state index in [1.165, 1.54) is 6.33 Å². The molecule has 2 aromatic heterocycles. The number of anilines is 3. The van der Waals surface area contributed by atoms with Gasteiger partial charge in [-0.25, -0.2) is 19.3 Å². The normalized spacial score (nSPS) is 11.7. The van der Waals surface area contributed by atoms with E-state index < -0.39 is 15.6 Å². The van der Waals surface area contributed by atoms with Gasteiger partial charge in [0, 0.05) is 48.2 Å². The predicted octanol–water partition coefficient (Wildman–Crippen LogP) is 8.56. The second-order valence-corrected chi connectivity index (χ2v) is 15.3. The summed E-state index contributed by atoms with van der Waals surface area (Å²) < 4.78 is 37.3. The highest BCUT2D eigenvalue weighted by atomic mass is 35.5. The Hall–Kier alpha value is -4.93. The van der Waals surface area contributed by atoms with Gasteiger partial charge in [-0.3, -0.25) is 4.90 Å². The maximum absolute atomic E-state index is 17.1. The van der Waals surface area contributed by atoms with Crippen molar-refractivity contribution in [1.82, 2.24) is 19.5 Å². The lowest BCUT2D eigenvalue weighted by atomic mass is 10.0. The molecule has 0 radical (unpaired) electrons. The van der Waals surface area contributed by atoms with E-state index in [0.29, 0.717) is 45.2 Å². The van der Waals surface area contributed by atoms with Gasteiger partial charge in [0.1, 0.15) is 30.3 Å². The van der Waals surface area contributed by atoms with Crippen molar-refractivity contribution in [1.29, 1.82) is 0 Å². The molecule has 0 amide bonds. The van der Waals surface area contributed by atoms with E-state index in [0.717, 1.165) is 5.82 Å². The minimum atomic E-state index is -1.10. The van der Waals surface area contributed by atoms with Crippen LogP contribution in [0.3, 0.4) is 0 Å². The predicted molar refractivity (Wildman–Crippen MR) is 188 cm³/mol. The SMILES string of the molecule is COc1cc2c(N(c3ccccc3)c3cc(O[SiH2]C(C)(C)C)c(Cl)c(-c4ccccc4)c3F)ncnc2cc1OCc1nccn1C. The van der Waals surface area contributed by atoms with Gasteiger partial charge < -0.3 is 18.5 Å². The zero-order valence-corrected chi connectivity index (χ0v) is 29.0. The Bertz CT molecular complexity index is 2020. The fourth-order valence-corrected chi connectivity index (χ4v) is 6.36. The number of hydrogen-bond donors (Lipinski definition) is 0. The molecule has 0 atom stereocenters. The first kappa shape index (κ1) is 32.0. The van der Waals surface area contributed by atoms with E-state index in [-0.39, 0.29) is 27.9 Å². The van der Waals surface area contributed by atoms with Crippen molar-refractivity contribution >= 4 is 49.5 Å². The van der Waals surface area contributed by atoms with E-state index in [1.807, 2.05) is 84.5 Å². The highest BCUT2D eigenvalue weighted by Crippen LogP contribution is 2.48. The molecule has 4 aromatic carbocycles. The second-order valence-electron chi connectivity index (χ2n) is 12.2. The van der Waals surface area contributed by atoms with Crippen molar-refractivity contribution < 1.29 is 18.3 Å². The maximum atomic E-state index is 17.1. The van der Waals surface area contributed by atoms with Gasteiger partial charge in [-0.1, -0.05) is 80.9 Å². The fourth-order valence-electron chi connectivity index (χ4n) is 5.15. The molecule has 0 saturated carbocycles. The monoisotopic (exact) mass is 667 g/mol. The van der Waals surface area contributed by atoms with Gasteiger partial charge in [-0.2, -0.15) is 0 Å². The van der Waals surface area contributed by atoms with Gasteiger partial charge in [0.15, 0.2) is 17.3 Å². The molecular weight excluding hydrogens is 633 g/mol. The zero-order valence-electron chi connectivity index (χ0n) is 26.9. The van der Waals surface area contributed by atoms with Gasteiger partial charge in [0.05, 0.1) is 23.3 Å². The number of nitrogens with zero attached hydrogens (tertiary/aromatic N) is 5. The maximum Gasteiger partial charge on any atom is 0.224 e. The summed E-state index contributed by atoms with van der Waals surface area (Å²) in [5.74, 6) is 2.07. The zero-order chi connectivity index (χ0) is 33.1. The summed E-state index contributed by atoms with van der Waals surface area (Å²) >= 11 is 6.95.